The molecule has 11 heteroatoms. The maximum absolute atomic E-state index is 13.3. The minimum Gasteiger partial charge on any atom is -0.266 e. The van der Waals surface area contributed by atoms with Crippen LogP contribution in [0.3, 0.4) is 0 Å². The summed E-state index contributed by atoms with van der Waals surface area (Å²) in [6.45, 7) is 3.82. The highest BCUT2D eigenvalue weighted by atomic mass is 32.2. The fourth-order valence-electron chi connectivity index (χ4n) is 3.98. The Bertz CT molecular complexity index is 1700. The maximum Gasteiger partial charge on any atom is 0.269 e. The predicted octanol–water partition coefficient (Wildman–Crippen LogP) is 3.49. The molecular formula is C24H22N6O3S2. The van der Waals surface area contributed by atoms with Gasteiger partial charge < -0.3 is 0 Å². The summed E-state index contributed by atoms with van der Waals surface area (Å²) in [5, 5.41) is 5.06. The van der Waals surface area contributed by atoms with Gasteiger partial charge >= 0.3 is 0 Å². The number of hydrogen-bond donors (Lipinski definition) is 0. The summed E-state index contributed by atoms with van der Waals surface area (Å²) in [4.78, 5) is 13.6. The number of nitrogens with zero attached hydrogens (tertiary/aromatic N) is 6. The van der Waals surface area contributed by atoms with Gasteiger partial charge in [0.15, 0.2) is 5.65 Å². The number of benzene rings is 1. The van der Waals surface area contributed by atoms with Crippen molar-refractivity contribution >= 4 is 31.9 Å². The van der Waals surface area contributed by atoms with E-state index in [4.69, 9.17) is 0 Å². The number of hydrogen-bond acceptors (Lipinski definition) is 7. The molecule has 0 amide bonds. The van der Waals surface area contributed by atoms with E-state index in [2.05, 4.69) is 20.1 Å². The molecule has 0 fully saturated rings. The van der Waals surface area contributed by atoms with Gasteiger partial charge in [0.2, 0.25) is 5.16 Å². The highest BCUT2D eigenvalue weighted by Crippen LogP contribution is 2.32. The monoisotopic (exact) mass is 506 g/mol. The lowest BCUT2D eigenvalue weighted by atomic mass is 10.1. The van der Waals surface area contributed by atoms with E-state index in [9.17, 15) is 12.6 Å². The van der Waals surface area contributed by atoms with E-state index in [-0.39, 0.29) is 15.7 Å². The lowest BCUT2D eigenvalue weighted by Gasteiger charge is -2.10. The van der Waals surface area contributed by atoms with Crippen LogP contribution in [0.4, 0.5) is 0 Å². The third-order valence-corrected chi connectivity index (χ3v) is 8.11. The van der Waals surface area contributed by atoms with Gasteiger partial charge in [-0.05, 0) is 49.7 Å². The summed E-state index contributed by atoms with van der Waals surface area (Å²) >= 11 is 0. The molecule has 1 aromatic carbocycles. The summed E-state index contributed by atoms with van der Waals surface area (Å²) in [5.74, 6) is 0. The van der Waals surface area contributed by atoms with Crippen LogP contribution in [0.1, 0.15) is 11.1 Å². The Morgan fingerprint density at radius 1 is 0.971 bits per heavy atom. The Hall–Kier alpha value is -3.70. The van der Waals surface area contributed by atoms with E-state index in [1.165, 1.54) is 16.4 Å². The van der Waals surface area contributed by atoms with Crippen molar-refractivity contribution in [1.29, 1.82) is 0 Å². The predicted molar refractivity (Wildman–Crippen MR) is 134 cm³/mol. The minimum absolute atomic E-state index is 0.174. The van der Waals surface area contributed by atoms with Gasteiger partial charge in [-0.1, -0.05) is 17.7 Å². The van der Waals surface area contributed by atoms with Crippen LogP contribution in [0.2, 0.25) is 0 Å². The molecule has 35 heavy (non-hydrogen) atoms. The van der Waals surface area contributed by atoms with Gasteiger partial charge in [-0.25, -0.2) is 27.3 Å². The van der Waals surface area contributed by atoms with Gasteiger partial charge in [0.1, 0.15) is 0 Å². The molecule has 0 radical (unpaired) electrons. The summed E-state index contributed by atoms with van der Waals surface area (Å²) < 4.78 is 41.9. The van der Waals surface area contributed by atoms with Gasteiger partial charge in [-0.15, -0.1) is 0 Å². The molecular weight excluding hydrogens is 484 g/mol. The molecule has 1 atom stereocenters. The quantitative estimate of drug-likeness (QED) is 0.335. The zero-order valence-corrected chi connectivity index (χ0v) is 21.1. The Labute approximate surface area is 205 Å². The van der Waals surface area contributed by atoms with Crippen molar-refractivity contribution in [3.8, 4) is 22.6 Å². The first-order chi connectivity index (χ1) is 16.7. The number of fused-ring (bicyclic) bond motifs is 1. The molecule has 4 heterocycles. The van der Waals surface area contributed by atoms with Crippen LogP contribution in [-0.2, 0) is 27.9 Å². The molecule has 4 aromatic heterocycles. The number of aromatic nitrogens is 6. The van der Waals surface area contributed by atoms with Crippen molar-refractivity contribution < 1.29 is 12.6 Å². The normalized spacial score (nSPS) is 12.8. The number of aryl methyl sites for hydroxylation is 3. The molecule has 1 unspecified atom stereocenters. The van der Waals surface area contributed by atoms with Crippen LogP contribution < -0.4 is 0 Å². The first-order valence-electron chi connectivity index (χ1n) is 10.7. The van der Waals surface area contributed by atoms with Crippen molar-refractivity contribution in [2.45, 2.75) is 23.9 Å². The third-order valence-electron chi connectivity index (χ3n) is 5.74. The van der Waals surface area contributed by atoms with Crippen LogP contribution >= 0.6 is 0 Å². The molecule has 0 aliphatic carbocycles. The van der Waals surface area contributed by atoms with Crippen LogP contribution in [0.25, 0.3) is 33.7 Å². The third kappa shape index (κ3) is 3.96. The zero-order chi connectivity index (χ0) is 24.9. The standard InChI is InChI=1S/C24H22N6O3S2/c1-15-5-7-17(8-6-15)35(32,33)30-12-10-19-18(9-11-25-23(19)30)20-13-21(28-24(27-20)34(4)31)22-16(2)14-26-29(22)3/h5-14H,1-4H3. The zero-order valence-electron chi connectivity index (χ0n) is 19.5. The fraction of sp³-hybridized carbons (Fsp3) is 0.167. The van der Waals surface area contributed by atoms with E-state index in [1.54, 1.807) is 59.5 Å². The average molecular weight is 507 g/mol. The lowest BCUT2D eigenvalue weighted by molar-refractivity contribution is 0.588. The summed E-state index contributed by atoms with van der Waals surface area (Å²) in [5.41, 5.74) is 4.69. The molecule has 0 saturated heterocycles. The molecule has 178 valence electrons. The molecule has 0 aliphatic rings. The van der Waals surface area contributed by atoms with Crippen molar-refractivity contribution in [1.82, 2.24) is 28.7 Å². The summed E-state index contributed by atoms with van der Waals surface area (Å²) in [6, 6.07) is 11.9. The van der Waals surface area contributed by atoms with E-state index < -0.39 is 20.8 Å². The Kier molecular flexibility index (Phi) is 5.60. The number of pyridine rings is 1. The molecule has 5 rings (SSSR count). The van der Waals surface area contributed by atoms with E-state index in [0.717, 1.165) is 16.8 Å². The Balaban J connectivity index is 1.71. The van der Waals surface area contributed by atoms with Gasteiger partial charge in [0.25, 0.3) is 10.0 Å². The maximum atomic E-state index is 13.3. The van der Waals surface area contributed by atoms with Crippen LogP contribution in [0, 0.1) is 13.8 Å². The van der Waals surface area contributed by atoms with Gasteiger partial charge in [0.05, 0.1) is 39.0 Å². The number of rotatable bonds is 5. The van der Waals surface area contributed by atoms with Crippen LogP contribution in [0.5, 0.6) is 0 Å². The molecule has 9 nitrogen and oxygen atoms in total. The first kappa shape index (κ1) is 23.1. The molecule has 0 aliphatic heterocycles. The van der Waals surface area contributed by atoms with Crippen molar-refractivity contribution in [2.24, 2.45) is 7.05 Å². The molecule has 0 spiro atoms. The highest BCUT2D eigenvalue weighted by Gasteiger charge is 2.22. The van der Waals surface area contributed by atoms with Gasteiger partial charge in [0, 0.05) is 36.6 Å². The minimum atomic E-state index is -3.85. The lowest BCUT2D eigenvalue weighted by Crippen LogP contribution is -2.12. The highest BCUT2D eigenvalue weighted by molar-refractivity contribution is 7.90. The Morgan fingerprint density at radius 3 is 2.34 bits per heavy atom. The average Bonchev–Trinajstić information content (AvgIpc) is 3.42. The van der Waals surface area contributed by atoms with Crippen molar-refractivity contribution in [2.75, 3.05) is 6.26 Å². The van der Waals surface area contributed by atoms with E-state index in [0.29, 0.717) is 22.3 Å². The summed E-state index contributed by atoms with van der Waals surface area (Å²) in [7, 11) is -3.48. The van der Waals surface area contributed by atoms with Gasteiger partial charge in [-0.2, -0.15) is 5.10 Å². The van der Waals surface area contributed by atoms with Crippen molar-refractivity contribution in [3.63, 3.8) is 0 Å². The topological polar surface area (TPSA) is 113 Å². The molecule has 5 aromatic rings. The second-order valence-corrected chi connectivity index (χ2v) is 11.3. The van der Waals surface area contributed by atoms with E-state index >= 15 is 0 Å². The molecule has 0 N–H and O–H groups in total. The van der Waals surface area contributed by atoms with Crippen molar-refractivity contribution in [3.05, 3.63) is 72.2 Å². The Morgan fingerprint density at radius 2 is 1.69 bits per heavy atom. The molecule has 0 saturated carbocycles. The van der Waals surface area contributed by atoms with Gasteiger partial charge in [-0.3, -0.25) is 8.89 Å². The first-order valence-corrected chi connectivity index (χ1v) is 13.7. The van der Waals surface area contributed by atoms with Crippen LogP contribution in [-0.4, -0.2) is 47.6 Å². The second-order valence-electron chi connectivity index (χ2n) is 8.20. The second kappa shape index (κ2) is 8.51. The van der Waals surface area contributed by atoms with E-state index in [1.807, 2.05) is 20.9 Å². The fourth-order valence-corrected chi connectivity index (χ4v) is 5.74. The molecule has 0 bridgehead atoms. The summed E-state index contributed by atoms with van der Waals surface area (Å²) in [6.07, 6.45) is 6.28. The SMILES string of the molecule is Cc1ccc(S(=O)(=O)n2ccc3c(-c4cc(-c5c(C)cnn5C)nc(S(C)=O)n4)ccnc32)cc1. The van der Waals surface area contributed by atoms with Crippen LogP contribution in [0.15, 0.2) is 71.1 Å². The largest absolute Gasteiger partial charge is 0.269 e. The smallest absolute Gasteiger partial charge is 0.266 e.